The first kappa shape index (κ1) is 36.7. The number of nitrogens with two attached hydrogens (primary N) is 2. The van der Waals surface area contributed by atoms with E-state index in [0.717, 1.165) is 18.6 Å². The van der Waals surface area contributed by atoms with Crippen molar-refractivity contribution >= 4 is 49.0 Å². The second-order valence-corrected chi connectivity index (χ2v) is 15.4. The number of hydrogen-bond donors (Lipinski definition) is 2. The monoisotopic (exact) mass is 807 g/mol. The summed E-state index contributed by atoms with van der Waals surface area (Å²) in [4.78, 5) is 17.0. The molecule has 19 heteroatoms. The van der Waals surface area contributed by atoms with Crippen LogP contribution in [0.4, 0.5) is 43.0 Å². The van der Waals surface area contributed by atoms with Gasteiger partial charge in [-0.15, -0.1) is 11.3 Å². The average Bonchev–Trinajstić information content (AvgIpc) is 3.94. The highest BCUT2D eigenvalue weighted by molar-refractivity contribution is 7.23. The largest absolute Gasteiger partial charge is 0.490 e. The number of nitrogen functional groups attached to an aromatic ring is 2. The van der Waals surface area contributed by atoms with Crippen LogP contribution in [0.15, 0.2) is 47.4 Å². The first-order chi connectivity index (χ1) is 27.4. The predicted octanol–water partition coefficient (Wildman–Crippen LogP) is 7.37. The van der Waals surface area contributed by atoms with Gasteiger partial charge >= 0.3 is 12.2 Å². The molecule has 6 aromatic rings. The fourth-order valence-electron chi connectivity index (χ4n) is 8.67. The molecule has 3 aliphatic heterocycles. The molecule has 0 aliphatic carbocycles. The second kappa shape index (κ2) is 13.7. The fraction of sp³-hybridized carbons (Fsp3) is 0.342. The minimum Gasteiger partial charge on any atom is -0.490 e. The van der Waals surface area contributed by atoms with Crippen molar-refractivity contribution in [2.75, 3.05) is 49.2 Å². The van der Waals surface area contributed by atoms with Crippen molar-refractivity contribution in [3.8, 4) is 29.0 Å². The van der Waals surface area contributed by atoms with Gasteiger partial charge in [0.05, 0.1) is 40.0 Å². The summed E-state index contributed by atoms with van der Waals surface area (Å²) in [5, 5.41) is 12.9. The van der Waals surface area contributed by atoms with Crippen molar-refractivity contribution in [3.05, 3.63) is 76.8 Å². The van der Waals surface area contributed by atoms with Gasteiger partial charge in [0.1, 0.15) is 71.0 Å². The van der Waals surface area contributed by atoms with Crippen LogP contribution in [0.1, 0.15) is 47.6 Å². The van der Waals surface area contributed by atoms with Gasteiger partial charge in [-0.25, -0.2) is 18.2 Å². The number of halogens is 6. The van der Waals surface area contributed by atoms with Gasteiger partial charge in [0.2, 0.25) is 0 Å². The average molecular weight is 808 g/mol. The Morgan fingerprint density at radius 1 is 1.14 bits per heavy atom. The molecule has 57 heavy (non-hydrogen) atoms. The molecule has 4 N–H and O–H groups in total. The van der Waals surface area contributed by atoms with E-state index in [1.807, 2.05) is 11.0 Å². The first-order valence-electron chi connectivity index (χ1n) is 17.9. The van der Waals surface area contributed by atoms with Crippen LogP contribution in [0.3, 0.4) is 0 Å². The maximum atomic E-state index is 17.6. The number of benzene rings is 2. The van der Waals surface area contributed by atoms with Crippen LogP contribution >= 0.6 is 11.3 Å². The molecule has 7 heterocycles. The molecule has 9 rings (SSSR count). The van der Waals surface area contributed by atoms with Gasteiger partial charge in [-0.1, -0.05) is 17.3 Å². The molecule has 0 unspecified atom stereocenters. The van der Waals surface area contributed by atoms with Crippen LogP contribution < -0.4 is 25.8 Å². The molecule has 12 nitrogen and oxygen atoms in total. The Morgan fingerprint density at radius 2 is 1.98 bits per heavy atom. The van der Waals surface area contributed by atoms with E-state index in [1.165, 1.54) is 18.7 Å². The van der Waals surface area contributed by atoms with E-state index in [-0.39, 0.29) is 77.4 Å². The zero-order valence-electron chi connectivity index (χ0n) is 29.7. The molecule has 2 fully saturated rings. The summed E-state index contributed by atoms with van der Waals surface area (Å²) in [7, 11) is 0. The number of rotatable bonds is 8. The molecule has 0 amide bonds. The zero-order valence-corrected chi connectivity index (χ0v) is 30.6. The Bertz CT molecular complexity index is 2600. The Kier molecular flexibility index (Phi) is 8.80. The van der Waals surface area contributed by atoms with Crippen molar-refractivity contribution in [2.24, 2.45) is 0 Å². The van der Waals surface area contributed by atoms with Gasteiger partial charge in [-0.2, -0.15) is 28.4 Å². The van der Waals surface area contributed by atoms with Gasteiger partial charge in [0, 0.05) is 47.7 Å². The standard InChI is InChI=1S/C38H31F6N9O3S/c39-19-12-37(6-2-8-52(37)15-19)17-55-36-50-30-27-31(28(38(42,43)44)26(29(30)41)21-4-5-23(40)32-25(21)22(13-45)34(47)57-32)54-10-9-53(35(27)51-36)24(11-18-14-49-56-16-18)20-3-1-7-48-33(20)46/h1,3-5,7,14,16,19,24H,2,6,8-12,15,17,47H2,(H2,46,48)/t19-,24-,37+/m1/s1. The van der Waals surface area contributed by atoms with Crippen molar-refractivity contribution < 1.29 is 40.3 Å². The van der Waals surface area contributed by atoms with E-state index in [0.29, 0.717) is 35.4 Å². The van der Waals surface area contributed by atoms with Gasteiger partial charge in [0.15, 0.2) is 5.82 Å². The third-order valence-electron chi connectivity index (χ3n) is 11.1. The number of pyridine rings is 1. The van der Waals surface area contributed by atoms with E-state index in [9.17, 15) is 9.65 Å². The molecular formula is C38H31F6N9O3S. The molecule has 294 valence electrons. The van der Waals surface area contributed by atoms with E-state index >= 15 is 22.0 Å². The maximum absolute atomic E-state index is 17.6. The highest BCUT2D eigenvalue weighted by atomic mass is 32.1. The van der Waals surface area contributed by atoms with Crippen molar-refractivity contribution in [1.82, 2.24) is 25.0 Å². The summed E-state index contributed by atoms with van der Waals surface area (Å²) >= 11 is 0.656. The van der Waals surface area contributed by atoms with E-state index in [2.05, 4.69) is 20.1 Å². The van der Waals surface area contributed by atoms with Gasteiger partial charge in [-0.3, -0.25) is 4.90 Å². The van der Waals surface area contributed by atoms with Crippen LogP contribution in [0.25, 0.3) is 32.1 Å². The van der Waals surface area contributed by atoms with Crippen molar-refractivity contribution in [1.29, 1.82) is 5.26 Å². The summed E-state index contributed by atoms with van der Waals surface area (Å²) in [6.07, 6.45) is -0.245. The normalized spacial score (nSPS) is 20.1. The molecule has 2 aromatic carbocycles. The molecule has 0 bridgehead atoms. The molecule has 3 atom stereocenters. The Balaban J connectivity index is 1.33. The van der Waals surface area contributed by atoms with E-state index < -0.39 is 68.9 Å². The third-order valence-corrected chi connectivity index (χ3v) is 12.1. The van der Waals surface area contributed by atoms with Crippen LogP contribution in [0.2, 0.25) is 0 Å². The first-order valence-corrected chi connectivity index (χ1v) is 18.8. The summed E-state index contributed by atoms with van der Waals surface area (Å²) in [5.74, 6) is -3.14. The lowest BCUT2D eigenvalue weighted by molar-refractivity contribution is -0.138. The van der Waals surface area contributed by atoms with Crippen molar-refractivity contribution in [2.45, 2.75) is 49.6 Å². The molecule has 0 saturated carbocycles. The summed E-state index contributed by atoms with van der Waals surface area (Å²) in [6, 6.07) is 5.86. The number of nitrogens with zero attached hydrogens (tertiary/aromatic N) is 7. The van der Waals surface area contributed by atoms with Gasteiger partial charge in [-0.05, 0) is 37.1 Å². The maximum Gasteiger partial charge on any atom is 0.420 e. The summed E-state index contributed by atoms with van der Waals surface area (Å²) in [5.41, 5.74) is 8.92. The highest BCUT2D eigenvalue weighted by Gasteiger charge is 2.50. The van der Waals surface area contributed by atoms with Gasteiger partial charge < -0.3 is 30.4 Å². The number of hydrogen-bond acceptors (Lipinski definition) is 13. The molecule has 2 saturated heterocycles. The Morgan fingerprint density at radius 3 is 2.74 bits per heavy atom. The number of alkyl halides is 4. The topological polar surface area (TPSA) is 165 Å². The fourth-order valence-corrected chi connectivity index (χ4v) is 9.62. The third kappa shape index (κ3) is 6.00. The lowest BCUT2D eigenvalue weighted by Crippen LogP contribution is -2.43. The minimum atomic E-state index is -5.28. The zero-order chi connectivity index (χ0) is 39.8. The smallest absolute Gasteiger partial charge is 0.420 e. The van der Waals surface area contributed by atoms with E-state index in [1.54, 1.807) is 17.0 Å². The van der Waals surface area contributed by atoms with Crippen LogP contribution in [-0.2, 0) is 12.6 Å². The quantitative estimate of drug-likeness (QED) is 0.147. The number of thiophene rings is 1. The van der Waals surface area contributed by atoms with Crippen molar-refractivity contribution in [3.63, 3.8) is 0 Å². The van der Waals surface area contributed by atoms with Crippen LogP contribution in [0, 0.1) is 23.0 Å². The molecule has 4 aromatic heterocycles. The molecular weight excluding hydrogens is 777 g/mol. The molecule has 0 radical (unpaired) electrons. The highest BCUT2D eigenvalue weighted by Crippen LogP contribution is 2.54. The van der Waals surface area contributed by atoms with E-state index in [4.69, 9.17) is 25.5 Å². The summed E-state index contributed by atoms with van der Waals surface area (Å²) < 4.78 is 112. The molecule has 3 aliphatic rings. The lowest BCUT2D eigenvalue weighted by Gasteiger charge is -2.33. The number of anilines is 3. The Labute approximate surface area is 323 Å². The van der Waals surface area contributed by atoms with Crippen LogP contribution in [0.5, 0.6) is 11.8 Å². The number of aromatic nitrogens is 4. The lowest BCUT2D eigenvalue weighted by atomic mass is 9.91. The van der Waals surface area contributed by atoms with Crippen LogP contribution in [-0.4, -0.2) is 69.6 Å². The predicted molar refractivity (Wildman–Crippen MR) is 197 cm³/mol. The molecule has 0 spiro atoms. The SMILES string of the molecule is N#Cc1c(N)sc2c(F)ccc(-c3c(C(F)(F)F)c4c5c(nc(OC[C@@]67CCCN6C[C@H](F)C7)nc5c3F)N([C@H](Cc3cnoc3)c3cccnc3N)CCO4)c12. The second-order valence-electron chi connectivity index (χ2n) is 14.3. The summed E-state index contributed by atoms with van der Waals surface area (Å²) in [6.45, 7) is 0.344. The Hall–Kier alpha value is -5.87. The number of fused-ring (bicyclic) bond motifs is 2. The van der Waals surface area contributed by atoms with Gasteiger partial charge in [0.25, 0.3) is 0 Å². The minimum absolute atomic E-state index is 0.0746. The number of nitriles is 1. The number of ether oxygens (including phenoxy) is 2.